The topological polar surface area (TPSA) is 4.93 Å². The number of hydrogen-bond acceptors (Lipinski definition) is 0. The average molecular weight is 148 g/mol. The second-order valence-electron chi connectivity index (χ2n) is 1.90. The van der Waals surface area contributed by atoms with Gasteiger partial charge < -0.3 is 4.57 Å². The van der Waals surface area contributed by atoms with Gasteiger partial charge in [0.15, 0.2) is 0 Å². The van der Waals surface area contributed by atoms with Crippen molar-refractivity contribution in [2.24, 2.45) is 7.05 Å². The Labute approximate surface area is 56.1 Å². The molecule has 10 heavy (non-hydrogen) atoms. The van der Waals surface area contributed by atoms with Crippen LogP contribution in [0.15, 0.2) is 12.1 Å². The van der Waals surface area contributed by atoms with Crippen molar-refractivity contribution in [1.29, 1.82) is 0 Å². The van der Waals surface area contributed by atoms with Crippen LogP contribution in [0, 0.1) is 6.20 Å². The predicted molar refractivity (Wildman–Crippen MR) is 29.3 cm³/mol. The smallest absolute Gasteiger partial charge is 0.339 e. The maximum atomic E-state index is 11.8. The van der Waals surface area contributed by atoms with Crippen LogP contribution in [0.3, 0.4) is 0 Å². The average Bonchev–Trinajstić information content (AvgIpc) is 2.11. The van der Waals surface area contributed by atoms with Crippen LogP contribution >= 0.6 is 0 Å². The number of rotatable bonds is 0. The second-order valence-corrected chi connectivity index (χ2v) is 1.90. The lowest BCUT2D eigenvalue weighted by Crippen LogP contribution is -2.10. The molecule has 1 rings (SSSR count). The van der Waals surface area contributed by atoms with Gasteiger partial charge in [0, 0.05) is 7.05 Å². The summed E-state index contributed by atoms with van der Waals surface area (Å²) in [5.74, 6) is 0. The van der Waals surface area contributed by atoms with Gasteiger partial charge in [-0.1, -0.05) is 0 Å². The minimum Gasteiger partial charge on any atom is -0.339 e. The van der Waals surface area contributed by atoms with Gasteiger partial charge in [-0.3, -0.25) is 0 Å². The molecule has 0 aromatic carbocycles. The van der Waals surface area contributed by atoms with E-state index in [1.807, 2.05) is 0 Å². The Kier molecular flexibility index (Phi) is 1.46. The molecule has 0 aliphatic rings. The van der Waals surface area contributed by atoms with Gasteiger partial charge in [0.2, 0.25) is 0 Å². The number of halogens is 3. The van der Waals surface area contributed by atoms with Crippen LogP contribution in [0.2, 0.25) is 0 Å². The van der Waals surface area contributed by atoms with Crippen LogP contribution in [0.1, 0.15) is 5.69 Å². The maximum absolute atomic E-state index is 11.8. The Morgan fingerprint density at radius 3 is 2.30 bits per heavy atom. The summed E-state index contributed by atoms with van der Waals surface area (Å²) in [6.45, 7) is 0. The van der Waals surface area contributed by atoms with Crippen molar-refractivity contribution < 1.29 is 13.2 Å². The summed E-state index contributed by atoms with van der Waals surface area (Å²) in [7, 11) is 1.31. The Hall–Kier alpha value is -0.930. The van der Waals surface area contributed by atoms with Gasteiger partial charge in [-0.25, -0.2) is 0 Å². The van der Waals surface area contributed by atoms with Crippen molar-refractivity contribution >= 4 is 0 Å². The molecule has 0 saturated heterocycles. The van der Waals surface area contributed by atoms with Crippen molar-refractivity contribution in [3.05, 3.63) is 24.0 Å². The summed E-state index contributed by atoms with van der Waals surface area (Å²) >= 11 is 0. The van der Waals surface area contributed by atoms with Crippen LogP contribution in [0.5, 0.6) is 0 Å². The fourth-order valence-electron chi connectivity index (χ4n) is 0.694. The van der Waals surface area contributed by atoms with E-state index in [0.717, 1.165) is 10.6 Å². The molecule has 1 nitrogen and oxygen atoms in total. The minimum atomic E-state index is -4.26. The highest BCUT2D eigenvalue weighted by Gasteiger charge is 2.32. The molecule has 0 aliphatic heterocycles. The highest BCUT2D eigenvalue weighted by molar-refractivity contribution is 5.08. The molecule has 55 valence electrons. The monoisotopic (exact) mass is 148 g/mol. The van der Waals surface area contributed by atoms with Crippen LogP contribution < -0.4 is 0 Å². The first kappa shape index (κ1) is 7.18. The summed E-state index contributed by atoms with van der Waals surface area (Å²) in [5.41, 5.74) is -0.674. The predicted octanol–water partition coefficient (Wildman–Crippen LogP) is 1.84. The fraction of sp³-hybridized carbons (Fsp3) is 0.333. The zero-order valence-corrected chi connectivity index (χ0v) is 5.24. The SMILES string of the molecule is Cn1[c]ccc1C(F)(F)F. The largest absolute Gasteiger partial charge is 0.431 e. The van der Waals surface area contributed by atoms with Gasteiger partial charge >= 0.3 is 6.18 Å². The van der Waals surface area contributed by atoms with Gasteiger partial charge in [0.1, 0.15) is 5.69 Å². The molecule has 1 heterocycles. The molecule has 0 atom stereocenters. The lowest BCUT2D eigenvalue weighted by atomic mass is 10.4. The third-order valence-corrected chi connectivity index (χ3v) is 1.16. The molecule has 0 unspecified atom stereocenters. The first-order chi connectivity index (χ1) is 4.52. The first-order valence-electron chi connectivity index (χ1n) is 2.62. The van der Waals surface area contributed by atoms with E-state index in [1.54, 1.807) is 0 Å². The molecule has 0 bridgehead atoms. The van der Waals surface area contributed by atoms with Crippen molar-refractivity contribution in [3.8, 4) is 0 Å². The quantitative estimate of drug-likeness (QED) is 0.529. The molecular formula is C6H5F3N. The Morgan fingerprint density at radius 2 is 2.10 bits per heavy atom. The van der Waals surface area contributed by atoms with Crippen molar-refractivity contribution in [1.82, 2.24) is 4.57 Å². The van der Waals surface area contributed by atoms with E-state index in [0.29, 0.717) is 0 Å². The van der Waals surface area contributed by atoms with Gasteiger partial charge in [-0.15, -0.1) is 0 Å². The fourth-order valence-corrected chi connectivity index (χ4v) is 0.694. The lowest BCUT2D eigenvalue weighted by molar-refractivity contribution is -0.143. The third kappa shape index (κ3) is 1.15. The minimum absolute atomic E-state index is 0.674. The number of nitrogens with zero attached hydrogens (tertiary/aromatic N) is 1. The van der Waals surface area contributed by atoms with Crippen LogP contribution in [0.4, 0.5) is 13.2 Å². The normalized spacial score (nSPS) is 12.0. The second kappa shape index (κ2) is 2.04. The molecular weight excluding hydrogens is 143 g/mol. The number of hydrogen-bond donors (Lipinski definition) is 0. The van der Waals surface area contributed by atoms with Crippen molar-refractivity contribution in [3.63, 3.8) is 0 Å². The number of alkyl halides is 3. The van der Waals surface area contributed by atoms with Crippen LogP contribution in [0.25, 0.3) is 0 Å². The van der Waals surface area contributed by atoms with E-state index < -0.39 is 11.9 Å². The highest BCUT2D eigenvalue weighted by atomic mass is 19.4. The molecule has 0 saturated carbocycles. The van der Waals surface area contributed by atoms with Gasteiger partial charge in [-0.05, 0) is 12.1 Å². The van der Waals surface area contributed by atoms with E-state index in [4.69, 9.17) is 0 Å². The Morgan fingerprint density at radius 1 is 1.50 bits per heavy atom. The van der Waals surface area contributed by atoms with E-state index in [1.165, 1.54) is 13.1 Å². The Bertz CT molecular complexity index is 223. The zero-order valence-electron chi connectivity index (χ0n) is 5.24. The van der Waals surface area contributed by atoms with E-state index in [9.17, 15) is 13.2 Å². The van der Waals surface area contributed by atoms with E-state index in [-0.39, 0.29) is 0 Å². The summed E-state index contributed by atoms with van der Waals surface area (Å²) in [6.07, 6.45) is -1.88. The molecule has 0 N–H and O–H groups in total. The Balaban J connectivity index is 3.05. The third-order valence-electron chi connectivity index (χ3n) is 1.16. The van der Waals surface area contributed by atoms with Gasteiger partial charge in [0.05, 0.1) is 6.20 Å². The molecule has 1 aromatic rings. The molecule has 0 aliphatic carbocycles. The van der Waals surface area contributed by atoms with Crippen LogP contribution in [-0.4, -0.2) is 4.57 Å². The highest BCUT2D eigenvalue weighted by Crippen LogP contribution is 2.28. The number of aromatic nitrogens is 1. The van der Waals surface area contributed by atoms with Crippen LogP contribution in [-0.2, 0) is 13.2 Å². The van der Waals surface area contributed by atoms with Crippen molar-refractivity contribution in [2.45, 2.75) is 6.18 Å². The number of aryl methyl sites for hydroxylation is 1. The summed E-state index contributed by atoms with van der Waals surface area (Å²) in [5, 5.41) is 0. The zero-order chi connectivity index (χ0) is 7.78. The molecule has 4 heteroatoms. The van der Waals surface area contributed by atoms with Gasteiger partial charge in [-0.2, -0.15) is 13.2 Å². The standard InChI is InChI=1S/C6H5F3N/c1-10-4-2-3-5(10)6(7,8)9/h2-3H,1H3. The summed E-state index contributed by atoms with van der Waals surface area (Å²) in [4.78, 5) is 0. The molecule has 1 aromatic heterocycles. The molecule has 0 spiro atoms. The first-order valence-corrected chi connectivity index (χ1v) is 2.62. The lowest BCUT2D eigenvalue weighted by Gasteiger charge is -2.05. The molecule has 1 radical (unpaired) electrons. The van der Waals surface area contributed by atoms with Gasteiger partial charge in [0.25, 0.3) is 0 Å². The molecule has 0 amide bonds. The summed E-state index contributed by atoms with van der Waals surface area (Å²) in [6, 6.07) is 2.23. The molecule has 0 fully saturated rings. The van der Waals surface area contributed by atoms with E-state index in [2.05, 4.69) is 6.20 Å². The summed E-state index contributed by atoms with van der Waals surface area (Å²) < 4.78 is 36.4. The maximum Gasteiger partial charge on any atom is 0.431 e. The van der Waals surface area contributed by atoms with Crippen molar-refractivity contribution in [2.75, 3.05) is 0 Å². The van der Waals surface area contributed by atoms with E-state index >= 15 is 0 Å².